The summed E-state index contributed by atoms with van der Waals surface area (Å²) in [7, 11) is 0. The predicted molar refractivity (Wildman–Crippen MR) is 72.7 cm³/mol. The van der Waals surface area contributed by atoms with Gasteiger partial charge in [0.25, 0.3) is 5.69 Å². The van der Waals surface area contributed by atoms with Crippen molar-refractivity contribution >= 4 is 27.3 Å². The molecule has 1 aliphatic rings. The number of halogens is 1. The van der Waals surface area contributed by atoms with Crippen LogP contribution >= 0.6 is 15.9 Å². The van der Waals surface area contributed by atoms with Crippen LogP contribution in [0.3, 0.4) is 0 Å². The molecule has 2 rings (SSSR count). The fourth-order valence-corrected chi connectivity index (χ4v) is 2.38. The molecule has 0 atom stereocenters. The maximum atomic E-state index is 10.9. The van der Waals surface area contributed by atoms with E-state index in [2.05, 4.69) is 21.2 Å². The van der Waals surface area contributed by atoms with Gasteiger partial charge in [-0.15, -0.1) is 0 Å². The van der Waals surface area contributed by atoms with Crippen molar-refractivity contribution in [1.82, 2.24) is 0 Å². The predicted octanol–water partition coefficient (Wildman–Crippen LogP) is 2.93. The molecule has 1 aromatic carbocycles. The first-order chi connectivity index (χ1) is 8.56. The van der Waals surface area contributed by atoms with Crippen molar-refractivity contribution in [3.8, 4) is 0 Å². The Balaban J connectivity index is 2.08. The summed E-state index contributed by atoms with van der Waals surface area (Å²) in [6, 6.07) is 4.86. The number of hydrogen-bond donors (Lipinski definition) is 2. The molecular weight excluding hydrogens is 300 g/mol. The molecule has 0 saturated heterocycles. The molecule has 0 unspecified atom stereocenters. The van der Waals surface area contributed by atoms with Gasteiger partial charge in [0.2, 0.25) is 0 Å². The number of aliphatic hydroxyl groups is 1. The van der Waals surface area contributed by atoms with Gasteiger partial charge in [0.05, 0.1) is 4.92 Å². The van der Waals surface area contributed by atoms with Gasteiger partial charge >= 0.3 is 0 Å². The molecule has 0 spiro atoms. The highest BCUT2D eigenvalue weighted by atomic mass is 79.9. The molecule has 0 heterocycles. The van der Waals surface area contributed by atoms with Gasteiger partial charge in [-0.05, 0) is 36.8 Å². The normalized spacial score (nSPS) is 16.3. The topological polar surface area (TPSA) is 75.4 Å². The van der Waals surface area contributed by atoms with Crippen LogP contribution in [0.25, 0.3) is 0 Å². The van der Waals surface area contributed by atoms with Crippen LogP contribution in [0.15, 0.2) is 22.7 Å². The maximum Gasteiger partial charge on any atom is 0.292 e. The SMILES string of the molecule is O=[N+]([O-])c1ccc(Br)cc1NCC1(CCO)CC1. The lowest BCUT2D eigenvalue weighted by Gasteiger charge is -2.15. The third-order valence-electron chi connectivity index (χ3n) is 3.41. The van der Waals surface area contributed by atoms with Gasteiger partial charge < -0.3 is 10.4 Å². The molecule has 1 fully saturated rings. The van der Waals surface area contributed by atoms with E-state index < -0.39 is 0 Å². The minimum absolute atomic E-state index is 0.0815. The fraction of sp³-hybridized carbons (Fsp3) is 0.500. The summed E-state index contributed by atoms with van der Waals surface area (Å²) >= 11 is 3.31. The lowest BCUT2D eigenvalue weighted by atomic mass is 10.0. The molecule has 1 aliphatic carbocycles. The summed E-state index contributed by atoms with van der Waals surface area (Å²) in [5.41, 5.74) is 0.738. The average molecular weight is 315 g/mol. The molecule has 6 heteroatoms. The van der Waals surface area contributed by atoms with E-state index >= 15 is 0 Å². The number of nitro benzene ring substituents is 1. The minimum atomic E-state index is -0.389. The highest BCUT2D eigenvalue weighted by molar-refractivity contribution is 9.10. The Labute approximate surface area is 113 Å². The fourth-order valence-electron chi connectivity index (χ4n) is 2.02. The summed E-state index contributed by atoms with van der Waals surface area (Å²) < 4.78 is 0.808. The zero-order chi connectivity index (χ0) is 13.2. The third-order valence-corrected chi connectivity index (χ3v) is 3.90. The second-order valence-electron chi connectivity index (χ2n) is 4.75. The Hall–Kier alpha value is -1.14. The van der Waals surface area contributed by atoms with E-state index in [1.54, 1.807) is 12.1 Å². The molecule has 2 N–H and O–H groups in total. The molecule has 0 amide bonds. The molecule has 98 valence electrons. The number of nitrogens with zero attached hydrogens (tertiary/aromatic N) is 1. The maximum absolute atomic E-state index is 10.9. The van der Waals surface area contributed by atoms with Crippen LogP contribution < -0.4 is 5.32 Å². The smallest absolute Gasteiger partial charge is 0.292 e. The lowest BCUT2D eigenvalue weighted by Crippen LogP contribution is -2.17. The molecule has 0 aliphatic heterocycles. The number of anilines is 1. The molecule has 0 bridgehead atoms. The highest BCUT2D eigenvalue weighted by Gasteiger charge is 2.41. The Kier molecular flexibility index (Phi) is 3.87. The number of benzene rings is 1. The second-order valence-corrected chi connectivity index (χ2v) is 5.66. The average Bonchev–Trinajstić information content (AvgIpc) is 3.07. The van der Waals surface area contributed by atoms with Crippen molar-refractivity contribution in [2.75, 3.05) is 18.5 Å². The Morgan fingerprint density at radius 1 is 1.50 bits per heavy atom. The number of hydrogen-bond acceptors (Lipinski definition) is 4. The summed E-state index contributed by atoms with van der Waals surface area (Å²) in [5.74, 6) is 0. The monoisotopic (exact) mass is 314 g/mol. The van der Waals surface area contributed by atoms with Gasteiger partial charge in [-0.3, -0.25) is 10.1 Å². The summed E-state index contributed by atoms with van der Waals surface area (Å²) in [6.07, 6.45) is 2.90. The highest BCUT2D eigenvalue weighted by Crippen LogP contribution is 2.48. The molecule has 18 heavy (non-hydrogen) atoms. The molecule has 0 aromatic heterocycles. The van der Waals surface area contributed by atoms with Crippen LogP contribution in [0.1, 0.15) is 19.3 Å². The van der Waals surface area contributed by atoms with Crippen molar-refractivity contribution in [3.63, 3.8) is 0 Å². The largest absolute Gasteiger partial charge is 0.396 e. The second kappa shape index (κ2) is 5.24. The number of rotatable bonds is 6. The molecule has 1 saturated carbocycles. The van der Waals surface area contributed by atoms with Gasteiger partial charge in [0.15, 0.2) is 0 Å². The van der Waals surface area contributed by atoms with Crippen LogP contribution in [0, 0.1) is 15.5 Å². The zero-order valence-electron chi connectivity index (χ0n) is 9.86. The standard InChI is InChI=1S/C12H15BrN2O3/c13-9-1-2-11(15(17)18)10(7-9)14-8-12(3-4-12)5-6-16/h1-2,7,14,16H,3-6,8H2. The van der Waals surface area contributed by atoms with E-state index in [0.717, 1.165) is 23.7 Å². The van der Waals surface area contributed by atoms with Gasteiger partial charge in [-0.2, -0.15) is 0 Å². The van der Waals surface area contributed by atoms with Crippen molar-refractivity contribution in [3.05, 3.63) is 32.8 Å². The summed E-state index contributed by atoms with van der Waals surface area (Å²) in [4.78, 5) is 10.5. The quantitative estimate of drug-likeness (QED) is 0.625. The first kappa shape index (κ1) is 13.3. The van der Waals surface area contributed by atoms with Crippen LogP contribution in [-0.2, 0) is 0 Å². The van der Waals surface area contributed by atoms with Crippen LogP contribution in [0.2, 0.25) is 0 Å². The van der Waals surface area contributed by atoms with Gasteiger partial charge in [0.1, 0.15) is 5.69 Å². The first-order valence-corrected chi connectivity index (χ1v) is 6.64. The van der Waals surface area contributed by atoms with Gasteiger partial charge in [-0.1, -0.05) is 15.9 Å². The van der Waals surface area contributed by atoms with Gasteiger partial charge in [-0.25, -0.2) is 0 Å². The van der Waals surface area contributed by atoms with Crippen molar-refractivity contribution in [1.29, 1.82) is 0 Å². The van der Waals surface area contributed by atoms with Crippen molar-refractivity contribution in [2.45, 2.75) is 19.3 Å². The van der Waals surface area contributed by atoms with E-state index in [9.17, 15) is 10.1 Å². The number of nitrogens with one attached hydrogen (secondary N) is 1. The molecule has 1 aromatic rings. The van der Waals surface area contributed by atoms with Crippen molar-refractivity contribution < 1.29 is 10.0 Å². The Morgan fingerprint density at radius 2 is 2.22 bits per heavy atom. The summed E-state index contributed by atoms with van der Waals surface area (Å²) in [6.45, 7) is 0.840. The van der Waals surface area contributed by atoms with Crippen LogP contribution in [0.5, 0.6) is 0 Å². The lowest BCUT2D eigenvalue weighted by molar-refractivity contribution is -0.384. The number of aliphatic hydroxyl groups excluding tert-OH is 1. The number of nitro groups is 1. The minimum Gasteiger partial charge on any atom is -0.396 e. The van der Waals surface area contributed by atoms with E-state index in [1.807, 2.05) is 0 Å². The molecule has 5 nitrogen and oxygen atoms in total. The van der Waals surface area contributed by atoms with E-state index in [1.165, 1.54) is 6.07 Å². The van der Waals surface area contributed by atoms with E-state index in [4.69, 9.17) is 5.11 Å². The van der Waals surface area contributed by atoms with E-state index in [-0.39, 0.29) is 22.6 Å². The molecular formula is C12H15BrN2O3. The van der Waals surface area contributed by atoms with Crippen LogP contribution in [-0.4, -0.2) is 23.2 Å². The molecule has 0 radical (unpaired) electrons. The summed E-state index contributed by atoms with van der Waals surface area (Å²) in [5, 5.41) is 23.0. The van der Waals surface area contributed by atoms with Crippen molar-refractivity contribution in [2.24, 2.45) is 5.41 Å². The zero-order valence-corrected chi connectivity index (χ0v) is 11.4. The first-order valence-electron chi connectivity index (χ1n) is 5.85. The van der Waals surface area contributed by atoms with Crippen LogP contribution in [0.4, 0.5) is 11.4 Å². The Bertz CT molecular complexity index is 461. The Morgan fingerprint density at radius 3 is 2.78 bits per heavy atom. The van der Waals surface area contributed by atoms with Gasteiger partial charge in [0, 0.05) is 23.7 Å². The van der Waals surface area contributed by atoms with E-state index in [0.29, 0.717) is 12.2 Å². The third kappa shape index (κ3) is 3.00.